The van der Waals surface area contributed by atoms with Crippen molar-refractivity contribution in [3.8, 4) is 0 Å². The van der Waals surface area contributed by atoms with Gasteiger partial charge in [0.2, 0.25) is 5.91 Å². The molecular formula is C21H26N2O4. The maximum atomic E-state index is 12.7. The van der Waals surface area contributed by atoms with Gasteiger partial charge < -0.3 is 20.1 Å². The van der Waals surface area contributed by atoms with Crippen molar-refractivity contribution in [1.82, 2.24) is 10.6 Å². The minimum absolute atomic E-state index is 0.0771. The number of rotatable bonds is 4. The number of hydrogen-bond acceptors (Lipinski definition) is 4. The van der Waals surface area contributed by atoms with Gasteiger partial charge in [-0.15, -0.1) is 0 Å². The van der Waals surface area contributed by atoms with E-state index in [0.717, 1.165) is 25.7 Å². The van der Waals surface area contributed by atoms with Crippen LogP contribution in [0, 0.1) is 5.92 Å². The average molecular weight is 370 g/mol. The van der Waals surface area contributed by atoms with Crippen LogP contribution in [-0.4, -0.2) is 49.3 Å². The summed E-state index contributed by atoms with van der Waals surface area (Å²) in [6.45, 7) is 0.862. The fraction of sp³-hybridized carbons (Fsp3) is 0.619. The lowest BCUT2D eigenvalue weighted by molar-refractivity contribution is -0.123. The summed E-state index contributed by atoms with van der Waals surface area (Å²) in [5, 5.41) is 6.13. The summed E-state index contributed by atoms with van der Waals surface area (Å²) in [7, 11) is 0. The number of carbonyl (C=O) groups excluding carboxylic acids is 2. The molecule has 6 nitrogen and oxygen atoms in total. The van der Waals surface area contributed by atoms with Crippen LogP contribution < -0.4 is 10.6 Å². The number of fused-ring (bicyclic) bond motifs is 2. The average Bonchev–Trinajstić information content (AvgIpc) is 3.37. The Morgan fingerprint density at radius 2 is 1.56 bits per heavy atom. The largest absolute Gasteiger partial charge is 0.371 e. The third-order valence-electron chi connectivity index (χ3n) is 6.26. The summed E-state index contributed by atoms with van der Waals surface area (Å²) in [5.74, 6) is 0.200. The highest BCUT2D eigenvalue weighted by atomic mass is 16.6. The molecule has 1 aromatic carbocycles. The first kappa shape index (κ1) is 17.2. The number of aryl methyl sites for hydroxylation is 2. The van der Waals surface area contributed by atoms with Crippen molar-refractivity contribution in [2.45, 2.75) is 62.8 Å². The molecule has 1 saturated carbocycles. The van der Waals surface area contributed by atoms with Crippen LogP contribution in [0.5, 0.6) is 0 Å². The second-order valence-electron chi connectivity index (χ2n) is 8.26. The second-order valence-corrected chi connectivity index (χ2v) is 8.26. The molecule has 0 unspecified atom stereocenters. The van der Waals surface area contributed by atoms with Crippen LogP contribution in [-0.2, 0) is 27.1 Å². The minimum Gasteiger partial charge on any atom is -0.371 e. The van der Waals surface area contributed by atoms with E-state index in [9.17, 15) is 9.59 Å². The Labute approximate surface area is 159 Å². The number of hydrogen-bond donors (Lipinski definition) is 2. The summed E-state index contributed by atoms with van der Waals surface area (Å²) in [6, 6.07) is 5.74. The molecule has 144 valence electrons. The van der Waals surface area contributed by atoms with E-state index in [-0.39, 0.29) is 42.0 Å². The monoisotopic (exact) mass is 370 g/mol. The van der Waals surface area contributed by atoms with E-state index in [1.54, 1.807) is 0 Å². The summed E-state index contributed by atoms with van der Waals surface area (Å²) in [6.07, 6.45) is 6.18. The number of amides is 2. The predicted octanol–water partition coefficient (Wildman–Crippen LogP) is 1.36. The van der Waals surface area contributed by atoms with E-state index in [1.165, 1.54) is 24.0 Å². The van der Waals surface area contributed by atoms with Gasteiger partial charge in [0.15, 0.2) is 0 Å². The smallest absolute Gasteiger partial charge is 0.251 e. The van der Waals surface area contributed by atoms with Crippen molar-refractivity contribution in [3.05, 3.63) is 34.9 Å². The summed E-state index contributed by atoms with van der Waals surface area (Å²) in [5.41, 5.74) is 3.38. The Bertz CT molecular complexity index is 761. The molecule has 27 heavy (non-hydrogen) atoms. The van der Waals surface area contributed by atoms with Crippen LogP contribution in [0.2, 0.25) is 0 Å². The Balaban J connectivity index is 1.21. The standard InChI is InChI=1S/C21H26N2O4/c24-20(13-6-7-13)22-16-10-26-19-17(11-27-18(16)19)23-21(25)15-8-5-12-3-1-2-4-14(12)9-15/h5,8-9,13,16-19H,1-4,6-7,10-11H2,(H,22,24)(H,23,25)/t16-,17-,18-,19-/m1/s1. The van der Waals surface area contributed by atoms with Gasteiger partial charge in [0.25, 0.3) is 5.91 Å². The van der Waals surface area contributed by atoms with Crippen molar-refractivity contribution in [2.75, 3.05) is 13.2 Å². The topological polar surface area (TPSA) is 76.7 Å². The van der Waals surface area contributed by atoms with Crippen molar-refractivity contribution < 1.29 is 19.1 Å². The van der Waals surface area contributed by atoms with Crippen molar-refractivity contribution in [3.63, 3.8) is 0 Å². The molecule has 0 bridgehead atoms. The molecular weight excluding hydrogens is 344 g/mol. The molecule has 1 aromatic rings. The zero-order valence-electron chi connectivity index (χ0n) is 15.4. The first-order chi connectivity index (χ1) is 13.2. The molecule has 2 aliphatic carbocycles. The lowest BCUT2D eigenvalue weighted by Crippen LogP contribution is -2.47. The quantitative estimate of drug-likeness (QED) is 0.839. The Morgan fingerprint density at radius 3 is 2.26 bits per heavy atom. The molecule has 2 saturated heterocycles. The summed E-state index contributed by atoms with van der Waals surface area (Å²) >= 11 is 0. The molecule has 0 radical (unpaired) electrons. The van der Waals surface area contributed by atoms with E-state index in [0.29, 0.717) is 18.8 Å². The zero-order valence-corrected chi connectivity index (χ0v) is 15.4. The Kier molecular flexibility index (Phi) is 4.40. The third-order valence-corrected chi connectivity index (χ3v) is 6.26. The van der Waals surface area contributed by atoms with E-state index in [2.05, 4.69) is 16.7 Å². The highest BCUT2D eigenvalue weighted by molar-refractivity contribution is 5.94. The maximum Gasteiger partial charge on any atom is 0.251 e. The molecule has 6 heteroatoms. The highest BCUT2D eigenvalue weighted by Crippen LogP contribution is 2.31. The predicted molar refractivity (Wildman–Crippen MR) is 98.5 cm³/mol. The van der Waals surface area contributed by atoms with Crippen molar-refractivity contribution in [1.29, 1.82) is 0 Å². The maximum absolute atomic E-state index is 12.7. The van der Waals surface area contributed by atoms with Gasteiger partial charge in [0.05, 0.1) is 25.3 Å². The lowest BCUT2D eigenvalue weighted by atomic mass is 9.90. The van der Waals surface area contributed by atoms with Gasteiger partial charge in [-0.1, -0.05) is 6.07 Å². The van der Waals surface area contributed by atoms with Gasteiger partial charge in [-0.25, -0.2) is 0 Å². The fourth-order valence-electron chi connectivity index (χ4n) is 4.52. The van der Waals surface area contributed by atoms with Gasteiger partial charge in [0, 0.05) is 11.5 Å². The van der Waals surface area contributed by atoms with Gasteiger partial charge >= 0.3 is 0 Å². The molecule has 4 atom stereocenters. The van der Waals surface area contributed by atoms with Crippen LogP contribution in [0.4, 0.5) is 0 Å². The van der Waals surface area contributed by atoms with Gasteiger partial charge in [0.1, 0.15) is 12.2 Å². The summed E-state index contributed by atoms with van der Waals surface area (Å²) < 4.78 is 11.8. The number of nitrogens with one attached hydrogen (secondary N) is 2. The van der Waals surface area contributed by atoms with Gasteiger partial charge in [-0.05, 0) is 61.8 Å². The van der Waals surface area contributed by atoms with Gasteiger partial charge in [-0.3, -0.25) is 9.59 Å². The van der Waals surface area contributed by atoms with E-state index < -0.39 is 0 Å². The first-order valence-electron chi connectivity index (χ1n) is 10.2. The van der Waals surface area contributed by atoms with E-state index in [1.807, 2.05) is 12.1 Å². The molecule has 5 rings (SSSR count). The Morgan fingerprint density at radius 1 is 0.889 bits per heavy atom. The zero-order chi connectivity index (χ0) is 18.4. The third kappa shape index (κ3) is 3.36. The van der Waals surface area contributed by atoms with Crippen molar-refractivity contribution >= 4 is 11.8 Å². The molecule has 0 spiro atoms. The van der Waals surface area contributed by atoms with Gasteiger partial charge in [-0.2, -0.15) is 0 Å². The first-order valence-corrected chi connectivity index (χ1v) is 10.2. The molecule has 0 aromatic heterocycles. The second kappa shape index (κ2) is 6.91. The normalized spacial score (nSPS) is 31.9. The molecule has 2 amide bonds. The molecule has 2 aliphatic heterocycles. The lowest BCUT2D eigenvalue weighted by Gasteiger charge is -2.19. The Hall–Kier alpha value is -1.92. The van der Waals surface area contributed by atoms with Crippen LogP contribution in [0.15, 0.2) is 18.2 Å². The highest BCUT2D eigenvalue weighted by Gasteiger charge is 2.49. The SMILES string of the molecule is O=C(N[C@@H]1CO[C@H]2[C@@H]1OC[C@H]2NC(=O)C1CC1)c1ccc2c(c1)CCCC2. The summed E-state index contributed by atoms with van der Waals surface area (Å²) in [4.78, 5) is 24.8. The van der Waals surface area contributed by atoms with E-state index >= 15 is 0 Å². The van der Waals surface area contributed by atoms with E-state index in [4.69, 9.17) is 9.47 Å². The fourth-order valence-corrected chi connectivity index (χ4v) is 4.52. The molecule has 3 fully saturated rings. The molecule has 2 N–H and O–H groups in total. The number of carbonyl (C=O) groups is 2. The number of ether oxygens (including phenoxy) is 2. The minimum atomic E-state index is -0.198. The van der Waals surface area contributed by atoms with Crippen LogP contribution in [0.3, 0.4) is 0 Å². The van der Waals surface area contributed by atoms with Crippen LogP contribution in [0.1, 0.15) is 47.2 Å². The van der Waals surface area contributed by atoms with Crippen molar-refractivity contribution in [2.24, 2.45) is 5.92 Å². The van der Waals surface area contributed by atoms with Crippen LogP contribution in [0.25, 0.3) is 0 Å². The van der Waals surface area contributed by atoms with Crippen LogP contribution >= 0.6 is 0 Å². The molecule has 4 aliphatic rings. The number of benzene rings is 1. The molecule has 2 heterocycles.